The van der Waals surface area contributed by atoms with Gasteiger partial charge in [0.2, 0.25) is 0 Å². The molecule has 1 N–H and O–H groups in total. The summed E-state index contributed by atoms with van der Waals surface area (Å²) in [6, 6.07) is 10.6. The Morgan fingerprint density at radius 3 is 2.50 bits per heavy atom. The van der Waals surface area contributed by atoms with Crippen molar-refractivity contribution in [1.82, 2.24) is 9.55 Å². The third-order valence-corrected chi connectivity index (χ3v) is 3.74. The molecule has 0 saturated carbocycles. The number of carbonyl (C=O) groups excluding carboxylic acids is 1. The number of carboxylic acid groups (broad SMARTS) is 1. The number of halogens is 1. The molecule has 0 fully saturated rings. The van der Waals surface area contributed by atoms with Crippen LogP contribution in [0.3, 0.4) is 0 Å². The summed E-state index contributed by atoms with van der Waals surface area (Å²) in [5, 5.41) is 11.7. The van der Waals surface area contributed by atoms with E-state index in [4.69, 9.17) is 23.8 Å². The minimum absolute atomic E-state index is 0.0271. The van der Waals surface area contributed by atoms with E-state index in [1.165, 1.54) is 28.8 Å². The van der Waals surface area contributed by atoms with E-state index in [9.17, 15) is 14.7 Å². The third-order valence-electron chi connectivity index (χ3n) is 3.22. The lowest BCUT2D eigenvalue weighted by Gasteiger charge is -2.09. The monoisotopic (exact) mass is 331 g/mol. The van der Waals surface area contributed by atoms with Gasteiger partial charge in [-0.15, -0.1) is 0 Å². The normalized spacial score (nSPS) is 10.8. The molecule has 0 aliphatic rings. The van der Waals surface area contributed by atoms with Crippen molar-refractivity contribution < 1.29 is 9.90 Å². The Morgan fingerprint density at radius 1 is 1.18 bits per heavy atom. The van der Waals surface area contributed by atoms with Crippen molar-refractivity contribution in [3.63, 3.8) is 0 Å². The smallest absolute Gasteiger partial charge is 0.266 e. The Morgan fingerprint density at radius 2 is 1.86 bits per heavy atom. The molecular weight excluding hydrogens is 324 g/mol. The zero-order valence-electron chi connectivity index (χ0n) is 11.0. The van der Waals surface area contributed by atoms with Gasteiger partial charge in [-0.05, 0) is 48.1 Å². The summed E-state index contributed by atoms with van der Waals surface area (Å²) in [4.78, 5) is 26.3. The van der Waals surface area contributed by atoms with Crippen molar-refractivity contribution in [2.75, 3.05) is 0 Å². The Balaban J connectivity index is 2.27. The first-order valence-electron chi connectivity index (χ1n) is 6.24. The topological polar surface area (TPSA) is 77.9 Å². The van der Waals surface area contributed by atoms with Gasteiger partial charge < -0.3 is 14.9 Å². The summed E-state index contributed by atoms with van der Waals surface area (Å²) < 4.78 is 1.49. The lowest BCUT2D eigenvalue weighted by Crippen LogP contribution is -2.23. The number of carbonyl (C=O) groups is 1. The van der Waals surface area contributed by atoms with E-state index in [0.29, 0.717) is 21.6 Å². The number of carboxylic acids is 1. The number of H-pyrrole nitrogens is 1. The van der Waals surface area contributed by atoms with Gasteiger partial charge in [-0.25, -0.2) is 0 Å². The number of rotatable bonds is 2. The van der Waals surface area contributed by atoms with Gasteiger partial charge in [0, 0.05) is 5.02 Å². The van der Waals surface area contributed by atoms with E-state index in [1.807, 2.05) is 0 Å². The van der Waals surface area contributed by atoms with Crippen molar-refractivity contribution >= 4 is 40.7 Å². The highest BCUT2D eigenvalue weighted by Crippen LogP contribution is 2.16. The summed E-state index contributed by atoms with van der Waals surface area (Å²) >= 11 is 11.1. The number of nitrogens with one attached hydrogen (secondary N) is 1. The summed E-state index contributed by atoms with van der Waals surface area (Å²) in [5.74, 6) is -1.28. The number of aromatic nitrogens is 2. The van der Waals surface area contributed by atoms with Gasteiger partial charge in [-0.3, -0.25) is 9.36 Å². The van der Waals surface area contributed by atoms with Gasteiger partial charge in [0.1, 0.15) is 0 Å². The molecule has 0 radical (unpaired) electrons. The fraction of sp³-hybridized carbons (Fsp3) is 0. The molecule has 5 nitrogen and oxygen atoms in total. The maximum atomic E-state index is 12.6. The number of nitrogens with zero attached hydrogens (tertiary/aromatic N) is 1. The number of fused-ring (bicyclic) bond motifs is 1. The van der Waals surface area contributed by atoms with Crippen LogP contribution < -0.4 is 10.7 Å². The second kappa shape index (κ2) is 5.40. The van der Waals surface area contributed by atoms with Crippen LogP contribution in [0.1, 0.15) is 10.4 Å². The minimum atomic E-state index is -1.28. The predicted molar refractivity (Wildman–Crippen MR) is 84.1 cm³/mol. The number of hydrogen-bond acceptors (Lipinski definition) is 4. The minimum Gasteiger partial charge on any atom is -0.545 e. The van der Waals surface area contributed by atoms with Crippen LogP contribution in [0.4, 0.5) is 0 Å². The van der Waals surface area contributed by atoms with Crippen LogP contribution in [0.2, 0.25) is 5.02 Å². The average Bonchev–Trinajstić information content (AvgIpc) is 2.47. The molecule has 0 spiro atoms. The summed E-state index contributed by atoms with van der Waals surface area (Å²) in [6.45, 7) is 0. The Hall–Kier alpha value is -2.44. The van der Waals surface area contributed by atoms with E-state index in [0.717, 1.165) is 0 Å². The molecular formula is C15H8ClN2O3S-. The third kappa shape index (κ3) is 2.43. The lowest BCUT2D eigenvalue weighted by molar-refractivity contribution is -0.255. The standard InChI is InChI=1S/C15H9ClN2O3S/c16-9-3-6-11-12(7-9)17-15(22)18(13(11)19)10-4-1-8(2-5-10)14(20)21/h1-7H,(H,17,22)(H,20,21)/p-1. The second-order valence-electron chi connectivity index (χ2n) is 4.59. The maximum Gasteiger partial charge on any atom is 0.266 e. The SMILES string of the molecule is O=C([O-])c1ccc(-n2c(=S)[nH]c3cc(Cl)ccc3c2=O)cc1. The van der Waals surface area contributed by atoms with E-state index in [-0.39, 0.29) is 15.9 Å². The molecule has 0 amide bonds. The quantitative estimate of drug-likeness (QED) is 0.729. The zero-order valence-corrected chi connectivity index (χ0v) is 12.6. The van der Waals surface area contributed by atoms with Gasteiger partial charge in [0.25, 0.3) is 5.56 Å². The molecule has 0 aliphatic heterocycles. The first-order valence-corrected chi connectivity index (χ1v) is 7.02. The molecule has 7 heteroatoms. The van der Waals surface area contributed by atoms with Crippen molar-refractivity contribution in [1.29, 1.82) is 0 Å². The lowest BCUT2D eigenvalue weighted by atomic mass is 10.2. The van der Waals surface area contributed by atoms with Gasteiger partial charge in [0.15, 0.2) is 4.77 Å². The predicted octanol–water partition coefficient (Wildman–Crippen LogP) is 2.07. The van der Waals surface area contributed by atoms with Gasteiger partial charge in [-0.1, -0.05) is 23.7 Å². The summed E-state index contributed by atoms with van der Waals surface area (Å²) in [6.07, 6.45) is 0. The van der Waals surface area contributed by atoms with Crippen LogP contribution in [-0.4, -0.2) is 15.5 Å². The summed E-state index contributed by atoms with van der Waals surface area (Å²) in [7, 11) is 0. The molecule has 1 heterocycles. The second-order valence-corrected chi connectivity index (χ2v) is 5.42. The Bertz CT molecular complexity index is 1010. The molecule has 0 unspecified atom stereocenters. The maximum absolute atomic E-state index is 12.6. The number of aromatic amines is 1. The first kappa shape index (κ1) is 14.5. The molecule has 2 aromatic carbocycles. The summed E-state index contributed by atoms with van der Waals surface area (Å²) in [5.41, 5.74) is 0.731. The fourth-order valence-electron chi connectivity index (χ4n) is 2.17. The Kier molecular flexibility index (Phi) is 3.56. The van der Waals surface area contributed by atoms with Crippen molar-refractivity contribution in [2.45, 2.75) is 0 Å². The molecule has 3 rings (SSSR count). The van der Waals surface area contributed by atoms with Gasteiger partial charge >= 0.3 is 0 Å². The van der Waals surface area contributed by atoms with Crippen LogP contribution >= 0.6 is 23.8 Å². The van der Waals surface area contributed by atoms with Crippen LogP contribution in [0.25, 0.3) is 16.6 Å². The fourth-order valence-corrected chi connectivity index (χ4v) is 2.64. The molecule has 1 aromatic heterocycles. The molecule has 110 valence electrons. The molecule has 0 saturated heterocycles. The van der Waals surface area contributed by atoms with Crippen LogP contribution in [-0.2, 0) is 0 Å². The van der Waals surface area contributed by atoms with Gasteiger partial charge in [-0.2, -0.15) is 0 Å². The Labute approximate surface area is 134 Å². The highest BCUT2D eigenvalue weighted by atomic mass is 35.5. The molecule has 3 aromatic rings. The first-order chi connectivity index (χ1) is 10.5. The van der Waals surface area contributed by atoms with E-state index in [2.05, 4.69) is 4.98 Å². The number of hydrogen-bond donors (Lipinski definition) is 1. The molecule has 0 bridgehead atoms. The molecule has 22 heavy (non-hydrogen) atoms. The zero-order chi connectivity index (χ0) is 15.9. The van der Waals surface area contributed by atoms with Gasteiger partial charge in [0.05, 0.1) is 22.6 Å². The van der Waals surface area contributed by atoms with E-state index >= 15 is 0 Å². The number of aromatic carboxylic acids is 1. The van der Waals surface area contributed by atoms with Crippen LogP contribution in [0.5, 0.6) is 0 Å². The van der Waals surface area contributed by atoms with Crippen molar-refractivity contribution in [2.24, 2.45) is 0 Å². The highest BCUT2D eigenvalue weighted by Gasteiger charge is 2.08. The highest BCUT2D eigenvalue weighted by molar-refractivity contribution is 7.71. The van der Waals surface area contributed by atoms with E-state index < -0.39 is 5.97 Å². The van der Waals surface area contributed by atoms with Crippen molar-refractivity contribution in [3.8, 4) is 5.69 Å². The number of benzene rings is 2. The largest absolute Gasteiger partial charge is 0.545 e. The van der Waals surface area contributed by atoms with Crippen LogP contribution in [0, 0.1) is 4.77 Å². The average molecular weight is 332 g/mol. The molecule has 0 atom stereocenters. The molecule has 0 aliphatic carbocycles. The van der Waals surface area contributed by atoms with Crippen LogP contribution in [0.15, 0.2) is 47.3 Å². The van der Waals surface area contributed by atoms with E-state index in [1.54, 1.807) is 18.2 Å². The van der Waals surface area contributed by atoms with Crippen molar-refractivity contribution in [3.05, 3.63) is 68.2 Å².